The van der Waals surface area contributed by atoms with Crippen LogP contribution in [0.3, 0.4) is 0 Å². The summed E-state index contributed by atoms with van der Waals surface area (Å²) in [6.45, 7) is 0.186. The molecule has 1 amide bonds. The van der Waals surface area contributed by atoms with E-state index in [1.165, 1.54) is 19.2 Å². The van der Waals surface area contributed by atoms with Crippen molar-refractivity contribution in [2.24, 2.45) is 0 Å². The molecular weight excluding hydrogens is 311 g/mol. The molecule has 2 aromatic carbocycles. The van der Waals surface area contributed by atoms with E-state index in [0.717, 1.165) is 0 Å². The van der Waals surface area contributed by atoms with Gasteiger partial charge in [-0.3, -0.25) is 9.89 Å². The fourth-order valence-corrected chi connectivity index (χ4v) is 2.19. The number of carbonyl (C=O) groups is 1. The van der Waals surface area contributed by atoms with E-state index >= 15 is 0 Å². The number of methoxy groups -OCH3 is 1. The summed E-state index contributed by atoms with van der Waals surface area (Å²) in [6, 6.07) is 12.8. The van der Waals surface area contributed by atoms with Crippen molar-refractivity contribution in [1.29, 1.82) is 0 Å². The predicted octanol–water partition coefficient (Wildman–Crippen LogP) is 2.55. The number of rotatable bonds is 5. The normalized spacial score (nSPS) is 10.4. The Morgan fingerprint density at radius 1 is 1.21 bits per heavy atom. The van der Waals surface area contributed by atoms with Crippen LogP contribution in [0.5, 0.6) is 5.75 Å². The maximum atomic E-state index is 12.9. The highest BCUT2D eigenvalue weighted by molar-refractivity contribution is 5.96. The number of aromatic amines is 1. The molecule has 0 aliphatic rings. The van der Waals surface area contributed by atoms with E-state index in [4.69, 9.17) is 4.74 Å². The highest BCUT2D eigenvalue weighted by atomic mass is 19.1. The van der Waals surface area contributed by atoms with Crippen molar-refractivity contribution in [2.75, 3.05) is 7.11 Å². The summed E-state index contributed by atoms with van der Waals surface area (Å²) in [5.74, 6) is 0.847. The van der Waals surface area contributed by atoms with Crippen LogP contribution in [0, 0.1) is 5.82 Å². The summed E-state index contributed by atoms with van der Waals surface area (Å²) in [5, 5.41) is 9.57. The van der Waals surface area contributed by atoms with E-state index < -0.39 is 0 Å². The summed E-state index contributed by atoms with van der Waals surface area (Å²) in [6.07, 6.45) is 0. The Balaban J connectivity index is 1.67. The van der Waals surface area contributed by atoms with Gasteiger partial charge in [-0.05, 0) is 36.4 Å². The number of halogens is 1. The highest BCUT2D eigenvalue weighted by Gasteiger charge is 2.12. The van der Waals surface area contributed by atoms with Gasteiger partial charge < -0.3 is 10.1 Å². The number of amides is 1. The molecule has 3 rings (SSSR count). The number of nitrogens with one attached hydrogen (secondary N) is 2. The van der Waals surface area contributed by atoms with Crippen molar-refractivity contribution in [3.63, 3.8) is 0 Å². The van der Waals surface area contributed by atoms with Crippen LogP contribution in [-0.2, 0) is 6.54 Å². The molecule has 1 aromatic heterocycles. The first-order valence-corrected chi connectivity index (χ1v) is 7.26. The second kappa shape index (κ2) is 6.91. The molecule has 0 atom stereocenters. The molecule has 3 aromatic rings. The maximum Gasteiger partial charge on any atom is 0.255 e. The molecule has 0 unspecified atom stereocenters. The lowest BCUT2D eigenvalue weighted by Crippen LogP contribution is -2.23. The van der Waals surface area contributed by atoms with Crippen LogP contribution in [-0.4, -0.2) is 28.2 Å². The molecule has 0 aliphatic carbocycles. The van der Waals surface area contributed by atoms with Gasteiger partial charge in [-0.1, -0.05) is 12.1 Å². The van der Waals surface area contributed by atoms with Crippen molar-refractivity contribution in [2.45, 2.75) is 6.54 Å². The first-order chi connectivity index (χ1) is 11.7. The number of hydrogen-bond donors (Lipinski definition) is 2. The lowest BCUT2D eigenvalue weighted by molar-refractivity contribution is 0.0947. The van der Waals surface area contributed by atoms with Crippen molar-refractivity contribution in [1.82, 2.24) is 20.5 Å². The molecule has 1 heterocycles. The molecular formula is C17H15FN4O2. The second-order valence-corrected chi connectivity index (χ2v) is 5.00. The van der Waals surface area contributed by atoms with Crippen LogP contribution in [0.4, 0.5) is 4.39 Å². The fourth-order valence-electron chi connectivity index (χ4n) is 2.19. The third kappa shape index (κ3) is 3.40. The molecule has 0 saturated carbocycles. The van der Waals surface area contributed by atoms with Crippen molar-refractivity contribution in [3.05, 3.63) is 65.7 Å². The zero-order valence-electron chi connectivity index (χ0n) is 12.9. The molecule has 0 saturated heterocycles. The highest BCUT2D eigenvalue weighted by Crippen LogP contribution is 2.17. The third-order valence-electron chi connectivity index (χ3n) is 3.40. The monoisotopic (exact) mass is 326 g/mol. The van der Waals surface area contributed by atoms with Crippen LogP contribution >= 0.6 is 0 Å². The van der Waals surface area contributed by atoms with E-state index in [9.17, 15) is 9.18 Å². The summed E-state index contributed by atoms with van der Waals surface area (Å²) in [4.78, 5) is 16.5. The zero-order chi connectivity index (χ0) is 16.9. The first-order valence-electron chi connectivity index (χ1n) is 7.26. The maximum absolute atomic E-state index is 12.9. The van der Waals surface area contributed by atoms with Crippen LogP contribution in [0.2, 0.25) is 0 Å². The topological polar surface area (TPSA) is 79.9 Å². The van der Waals surface area contributed by atoms with Crippen LogP contribution in [0.25, 0.3) is 11.4 Å². The van der Waals surface area contributed by atoms with Gasteiger partial charge in [0.05, 0.1) is 19.2 Å². The molecule has 122 valence electrons. The number of aromatic nitrogens is 3. The summed E-state index contributed by atoms with van der Waals surface area (Å²) in [7, 11) is 1.51. The average molecular weight is 326 g/mol. The number of para-hydroxylation sites is 1. The van der Waals surface area contributed by atoms with Gasteiger partial charge in [0.2, 0.25) is 0 Å². The molecule has 2 N–H and O–H groups in total. The van der Waals surface area contributed by atoms with Crippen molar-refractivity contribution >= 4 is 5.91 Å². The van der Waals surface area contributed by atoms with E-state index in [1.54, 1.807) is 36.4 Å². The molecule has 0 bridgehead atoms. The largest absolute Gasteiger partial charge is 0.496 e. The molecule has 24 heavy (non-hydrogen) atoms. The van der Waals surface area contributed by atoms with Gasteiger partial charge in [0, 0.05) is 5.56 Å². The minimum Gasteiger partial charge on any atom is -0.496 e. The number of nitrogens with zero attached hydrogens (tertiary/aromatic N) is 2. The van der Waals surface area contributed by atoms with Crippen LogP contribution in [0.1, 0.15) is 16.2 Å². The van der Waals surface area contributed by atoms with Crippen molar-refractivity contribution < 1.29 is 13.9 Å². The van der Waals surface area contributed by atoms with Gasteiger partial charge in [-0.2, -0.15) is 5.10 Å². The fraction of sp³-hybridized carbons (Fsp3) is 0.118. The van der Waals surface area contributed by atoms with Gasteiger partial charge >= 0.3 is 0 Å². The second-order valence-electron chi connectivity index (χ2n) is 5.00. The third-order valence-corrected chi connectivity index (χ3v) is 3.40. The van der Waals surface area contributed by atoms with E-state index in [2.05, 4.69) is 20.5 Å². The Labute approximate surface area is 137 Å². The average Bonchev–Trinajstić information content (AvgIpc) is 3.09. The molecule has 0 radical (unpaired) electrons. The summed E-state index contributed by atoms with van der Waals surface area (Å²) < 4.78 is 18.1. The summed E-state index contributed by atoms with van der Waals surface area (Å²) in [5.41, 5.74) is 1.13. The van der Waals surface area contributed by atoms with Gasteiger partial charge in [-0.15, -0.1) is 0 Å². The zero-order valence-corrected chi connectivity index (χ0v) is 12.9. The van der Waals surface area contributed by atoms with Gasteiger partial charge in [-0.25, -0.2) is 9.37 Å². The molecule has 0 aliphatic heterocycles. The van der Waals surface area contributed by atoms with E-state index in [0.29, 0.717) is 28.5 Å². The minimum atomic E-state index is -0.321. The Morgan fingerprint density at radius 2 is 1.96 bits per heavy atom. The van der Waals surface area contributed by atoms with Gasteiger partial charge in [0.1, 0.15) is 17.4 Å². The first kappa shape index (κ1) is 15.7. The Hall–Kier alpha value is -3.22. The number of benzene rings is 2. The number of H-pyrrole nitrogens is 1. The Morgan fingerprint density at radius 3 is 2.71 bits per heavy atom. The molecule has 0 spiro atoms. The minimum absolute atomic E-state index is 0.186. The number of hydrogen-bond acceptors (Lipinski definition) is 4. The number of ether oxygens (including phenoxy) is 1. The van der Waals surface area contributed by atoms with Crippen LogP contribution in [0.15, 0.2) is 48.5 Å². The smallest absolute Gasteiger partial charge is 0.255 e. The van der Waals surface area contributed by atoms with Crippen molar-refractivity contribution in [3.8, 4) is 17.1 Å². The lowest BCUT2D eigenvalue weighted by Gasteiger charge is -2.07. The Kier molecular flexibility index (Phi) is 4.51. The molecule has 7 heteroatoms. The summed E-state index contributed by atoms with van der Waals surface area (Å²) >= 11 is 0. The molecule has 6 nitrogen and oxygen atoms in total. The van der Waals surface area contributed by atoms with Crippen LogP contribution < -0.4 is 10.1 Å². The standard InChI is InChI=1S/C17H15FN4O2/c1-24-14-5-3-2-4-13(14)17(23)19-10-15-20-16(22-21-15)11-6-8-12(18)9-7-11/h2-9H,10H2,1H3,(H,19,23)(H,20,21,22). The molecule has 0 fully saturated rings. The Bertz CT molecular complexity index is 846. The van der Waals surface area contributed by atoms with E-state index in [1.807, 2.05) is 0 Å². The number of carbonyl (C=O) groups excluding carboxylic acids is 1. The quantitative estimate of drug-likeness (QED) is 0.755. The predicted molar refractivity (Wildman–Crippen MR) is 85.9 cm³/mol. The van der Waals surface area contributed by atoms with Gasteiger partial charge in [0.25, 0.3) is 5.91 Å². The lowest BCUT2D eigenvalue weighted by atomic mass is 10.2. The SMILES string of the molecule is COc1ccccc1C(=O)NCc1nc(-c2ccc(F)cc2)n[nH]1. The van der Waals surface area contributed by atoms with Gasteiger partial charge in [0.15, 0.2) is 5.82 Å². The van der Waals surface area contributed by atoms with E-state index in [-0.39, 0.29) is 18.3 Å².